The topological polar surface area (TPSA) is 112 Å². The second kappa shape index (κ2) is 11.3. The van der Waals surface area contributed by atoms with Gasteiger partial charge in [-0.15, -0.1) is 11.3 Å². The molecule has 2 aromatic carbocycles. The van der Waals surface area contributed by atoms with Crippen molar-refractivity contribution in [3.05, 3.63) is 66.6 Å². The van der Waals surface area contributed by atoms with Crippen LogP contribution in [0.4, 0.5) is 5.82 Å². The monoisotopic (exact) mass is 565 g/mol. The Labute approximate surface area is 232 Å². The number of hydrogen-bond donors (Lipinski definition) is 1. The fourth-order valence-electron chi connectivity index (χ4n) is 4.65. The van der Waals surface area contributed by atoms with Gasteiger partial charge in [0.15, 0.2) is 4.21 Å². The lowest BCUT2D eigenvalue weighted by Crippen LogP contribution is -2.50. The van der Waals surface area contributed by atoms with Crippen LogP contribution in [0, 0.1) is 0 Å². The zero-order chi connectivity index (χ0) is 27.6. The lowest BCUT2D eigenvalue weighted by Gasteiger charge is -2.35. The number of aromatic nitrogens is 3. The van der Waals surface area contributed by atoms with Crippen LogP contribution >= 0.6 is 11.3 Å². The van der Waals surface area contributed by atoms with Crippen molar-refractivity contribution in [1.82, 2.24) is 29.1 Å². The Morgan fingerprint density at radius 3 is 2.49 bits per heavy atom. The van der Waals surface area contributed by atoms with Crippen LogP contribution in [0.5, 0.6) is 0 Å². The highest BCUT2D eigenvalue weighted by Crippen LogP contribution is 2.30. The largest absolute Gasteiger partial charge is 0.366 e. The van der Waals surface area contributed by atoms with Gasteiger partial charge in [-0.25, -0.2) is 23.4 Å². The van der Waals surface area contributed by atoms with Gasteiger partial charge >= 0.3 is 0 Å². The van der Waals surface area contributed by atoms with Crippen molar-refractivity contribution in [2.75, 3.05) is 52.1 Å². The zero-order valence-electron chi connectivity index (χ0n) is 22.1. The van der Waals surface area contributed by atoms with Gasteiger partial charge in [0, 0.05) is 63.8 Å². The highest BCUT2D eigenvalue weighted by atomic mass is 32.2. The molecule has 1 unspecified atom stereocenters. The van der Waals surface area contributed by atoms with Gasteiger partial charge in [-0.3, -0.25) is 9.69 Å². The second-order valence-electron chi connectivity index (χ2n) is 9.72. The Kier molecular flexibility index (Phi) is 7.89. The van der Waals surface area contributed by atoms with E-state index >= 15 is 0 Å². The third-order valence-corrected chi connectivity index (χ3v) is 10.0. The van der Waals surface area contributed by atoms with Crippen LogP contribution in [0.15, 0.2) is 65.3 Å². The number of nitrogens with zero attached hydrogens (tertiary/aromatic N) is 6. The predicted molar refractivity (Wildman–Crippen MR) is 153 cm³/mol. The van der Waals surface area contributed by atoms with E-state index in [2.05, 4.69) is 32.1 Å². The molecule has 1 aliphatic rings. The van der Waals surface area contributed by atoms with Crippen LogP contribution in [0.2, 0.25) is 0 Å². The van der Waals surface area contributed by atoms with Gasteiger partial charge in [-0.1, -0.05) is 36.4 Å². The maximum absolute atomic E-state index is 13.3. The molecule has 204 valence electrons. The number of hydrogen-bond acceptors (Lipinski definition) is 9. The predicted octanol–water partition coefficient (Wildman–Crippen LogP) is 3.26. The van der Waals surface area contributed by atoms with E-state index in [1.54, 1.807) is 24.5 Å². The van der Waals surface area contributed by atoms with Crippen molar-refractivity contribution in [2.24, 2.45) is 0 Å². The Morgan fingerprint density at radius 2 is 1.77 bits per heavy atom. The standard InChI is InChI=1S/C27H31N7O3S2/c1-19(31-25-21-10-7-11-22(27(35)32(2)3)24(21)29-18-30-25)17-33-12-14-34(15-13-33)39(36,37)23-16-28-26(38-23)20-8-5-4-6-9-20/h4-11,16,18-19H,12-15,17H2,1-3H3,(H,29,30,31). The van der Waals surface area contributed by atoms with Gasteiger partial charge in [0.1, 0.15) is 17.2 Å². The number of benzene rings is 2. The maximum atomic E-state index is 13.3. The minimum absolute atomic E-state index is 0.0365. The maximum Gasteiger partial charge on any atom is 0.255 e. The summed E-state index contributed by atoms with van der Waals surface area (Å²) >= 11 is 1.20. The number of fused-ring (bicyclic) bond motifs is 1. The minimum Gasteiger partial charge on any atom is -0.366 e. The lowest BCUT2D eigenvalue weighted by molar-refractivity contribution is 0.0829. The van der Waals surface area contributed by atoms with E-state index in [1.807, 2.05) is 42.5 Å². The molecule has 1 aliphatic heterocycles. The first-order chi connectivity index (χ1) is 18.7. The molecule has 1 amide bonds. The average Bonchev–Trinajstić information content (AvgIpc) is 3.45. The fourth-order valence-corrected chi connectivity index (χ4v) is 7.37. The first-order valence-corrected chi connectivity index (χ1v) is 15.0. The number of piperazine rings is 1. The van der Waals surface area contributed by atoms with Gasteiger partial charge in [-0.2, -0.15) is 4.31 Å². The first kappa shape index (κ1) is 27.1. The number of anilines is 1. The van der Waals surface area contributed by atoms with Crippen LogP contribution in [-0.4, -0.2) is 96.2 Å². The molecule has 12 heteroatoms. The van der Waals surface area contributed by atoms with E-state index < -0.39 is 10.0 Å². The molecule has 0 aliphatic carbocycles. The molecule has 0 saturated carbocycles. The van der Waals surface area contributed by atoms with Gasteiger partial charge < -0.3 is 10.2 Å². The minimum atomic E-state index is -3.59. The molecular weight excluding hydrogens is 534 g/mol. The Hall–Kier alpha value is -3.45. The van der Waals surface area contributed by atoms with Crippen molar-refractivity contribution in [2.45, 2.75) is 17.2 Å². The summed E-state index contributed by atoms with van der Waals surface area (Å²) in [6, 6.07) is 15.2. The quantitative estimate of drug-likeness (QED) is 0.347. The Morgan fingerprint density at radius 1 is 1.03 bits per heavy atom. The summed E-state index contributed by atoms with van der Waals surface area (Å²) in [4.78, 5) is 29.5. The van der Waals surface area contributed by atoms with Crippen molar-refractivity contribution >= 4 is 44.0 Å². The molecule has 1 fully saturated rings. The summed E-state index contributed by atoms with van der Waals surface area (Å²) in [5.74, 6) is 0.558. The van der Waals surface area contributed by atoms with Crippen molar-refractivity contribution in [1.29, 1.82) is 0 Å². The number of sulfonamides is 1. The van der Waals surface area contributed by atoms with E-state index in [1.165, 1.54) is 28.8 Å². The normalized spacial score (nSPS) is 15.8. The fraction of sp³-hybridized carbons (Fsp3) is 0.333. The molecule has 0 spiro atoms. The summed E-state index contributed by atoms with van der Waals surface area (Å²) in [6.07, 6.45) is 2.93. The van der Waals surface area contributed by atoms with E-state index in [9.17, 15) is 13.2 Å². The molecule has 0 radical (unpaired) electrons. The zero-order valence-corrected chi connectivity index (χ0v) is 23.7. The Balaban J connectivity index is 1.21. The number of carbonyl (C=O) groups excluding carboxylic acids is 1. The van der Waals surface area contributed by atoms with Gasteiger partial charge in [0.2, 0.25) is 0 Å². The number of nitrogens with one attached hydrogen (secondary N) is 1. The van der Waals surface area contributed by atoms with Gasteiger partial charge in [0.05, 0.1) is 17.3 Å². The van der Waals surface area contributed by atoms with Crippen LogP contribution in [0.25, 0.3) is 21.5 Å². The second-order valence-corrected chi connectivity index (χ2v) is 12.9. The highest BCUT2D eigenvalue weighted by molar-refractivity contribution is 7.91. The summed E-state index contributed by atoms with van der Waals surface area (Å²) in [5, 5.41) is 4.94. The van der Waals surface area contributed by atoms with Gasteiger partial charge in [-0.05, 0) is 19.1 Å². The molecule has 1 N–H and O–H groups in total. The molecule has 2 aromatic heterocycles. The SMILES string of the molecule is CC(CN1CCN(S(=O)(=O)c2cnc(-c3ccccc3)s2)CC1)Nc1ncnc2c(C(=O)N(C)C)cccc12. The third kappa shape index (κ3) is 5.78. The Bertz CT molecular complexity index is 1570. The molecule has 5 rings (SSSR count). The van der Waals surface area contributed by atoms with Crippen LogP contribution in [0.3, 0.4) is 0 Å². The molecule has 4 aromatic rings. The smallest absolute Gasteiger partial charge is 0.255 e. The lowest BCUT2D eigenvalue weighted by atomic mass is 10.1. The van der Waals surface area contributed by atoms with E-state index in [0.29, 0.717) is 54.6 Å². The van der Waals surface area contributed by atoms with Crippen LogP contribution < -0.4 is 5.32 Å². The summed E-state index contributed by atoms with van der Waals surface area (Å²) in [6.45, 7) is 4.87. The molecule has 0 bridgehead atoms. The molecular formula is C27H31N7O3S2. The number of para-hydroxylation sites is 1. The van der Waals surface area contributed by atoms with E-state index in [4.69, 9.17) is 0 Å². The molecule has 10 nitrogen and oxygen atoms in total. The molecule has 1 atom stereocenters. The van der Waals surface area contributed by atoms with E-state index in [-0.39, 0.29) is 16.2 Å². The number of amides is 1. The van der Waals surface area contributed by atoms with Crippen molar-refractivity contribution in [3.8, 4) is 10.6 Å². The van der Waals surface area contributed by atoms with Crippen LogP contribution in [-0.2, 0) is 10.0 Å². The van der Waals surface area contributed by atoms with E-state index in [0.717, 1.165) is 10.9 Å². The first-order valence-electron chi connectivity index (χ1n) is 12.7. The number of rotatable bonds is 8. The average molecular weight is 566 g/mol. The highest BCUT2D eigenvalue weighted by Gasteiger charge is 2.31. The summed E-state index contributed by atoms with van der Waals surface area (Å²) in [7, 11) is -0.160. The number of carbonyl (C=O) groups is 1. The van der Waals surface area contributed by atoms with Crippen LogP contribution in [0.1, 0.15) is 17.3 Å². The molecule has 3 heterocycles. The van der Waals surface area contributed by atoms with Crippen molar-refractivity contribution in [3.63, 3.8) is 0 Å². The summed E-state index contributed by atoms with van der Waals surface area (Å²) < 4.78 is 28.4. The third-order valence-electron chi connectivity index (χ3n) is 6.65. The van der Waals surface area contributed by atoms with Crippen molar-refractivity contribution < 1.29 is 13.2 Å². The van der Waals surface area contributed by atoms with Gasteiger partial charge in [0.25, 0.3) is 15.9 Å². The molecule has 39 heavy (non-hydrogen) atoms. The summed E-state index contributed by atoms with van der Waals surface area (Å²) in [5.41, 5.74) is 2.05. The number of thiazole rings is 1. The molecule has 1 saturated heterocycles.